The van der Waals surface area contributed by atoms with Crippen LogP contribution in [0.15, 0.2) is 12.1 Å². The molecule has 0 atom stereocenters. The molecule has 0 bridgehead atoms. The van der Waals surface area contributed by atoms with Crippen molar-refractivity contribution in [2.75, 3.05) is 0 Å². The van der Waals surface area contributed by atoms with Crippen LogP contribution in [0.3, 0.4) is 0 Å². The molecule has 238 valence electrons. The molecule has 0 aliphatic heterocycles. The Hall–Kier alpha value is 1.32. The van der Waals surface area contributed by atoms with Crippen molar-refractivity contribution in [2.24, 2.45) is 0 Å². The van der Waals surface area contributed by atoms with Gasteiger partial charge in [-0.25, -0.2) is 0 Å². The Balaban J connectivity index is 4.50. The van der Waals surface area contributed by atoms with Gasteiger partial charge in [0.2, 0.25) is 5.73 Å². The second-order valence-corrected chi connectivity index (χ2v) is 66.6. The highest BCUT2D eigenvalue weighted by Gasteiger charge is 2.71. The molecule has 0 saturated carbocycles. The van der Waals surface area contributed by atoms with Crippen LogP contribution < -0.4 is 5.19 Å². The smallest absolute Gasteiger partial charge is 0.154 e. The Kier molecular flexibility index (Phi) is 13.4. The first kappa shape index (κ1) is 40.3. The van der Waals surface area contributed by atoms with Crippen LogP contribution in [0, 0.1) is 0 Å². The molecule has 1 rings (SSSR count). The topological polar surface area (TPSA) is 0 Å². The molecule has 1 aromatic rings. The van der Waals surface area contributed by atoms with E-state index in [-0.39, 0.29) is 0 Å². The molecular formula is C32H68Cl2Si7. The van der Waals surface area contributed by atoms with Gasteiger partial charge < -0.3 is 0 Å². The summed E-state index contributed by atoms with van der Waals surface area (Å²) in [4.78, 5) is 1.61. The Morgan fingerprint density at radius 1 is 0.512 bits per heavy atom. The van der Waals surface area contributed by atoms with E-state index in [9.17, 15) is 0 Å². The first-order valence-corrected chi connectivity index (χ1v) is 39.9. The normalized spacial score (nSPS) is 15.0. The molecule has 0 N–H and O–H groups in total. The predicted octanol–water partition coefficient (Wildman–Crippen LogP) is 12.0. The first-order chi connectivity index (χ1) is 18.0. The molecule has 1 aromatic carbocycles. The van der Waals surface area contributed by atoms with Crippen molar-refractivity contribution >= 4 is 82.0 Å². The van der Waals surface area contributed by atoms with Crippen molar-refractivity contribution in [1.29, 1.82) is 0 Å². The van der Waals surface area contributed by atoms with E-state index in [1.54, 1.807) is 5.19 Å². The first-order valence-electron chi connectivity index (χ1n) is 16.3. The number of benzene rings is 1. The molecule has 2 radical (unpaired) electrons. The molecule has 0 aromatic heterocycles. The fourth-order valence-electron chi connectivity index (χ4n) is 9.39. The van der Waals surface area contributed by atoms with E-state index in [1.807, 2.05) is 0 Å². The highest BCUT2D eigenvalue weighted by Crippen LogP contribution is 2.61. The van der Waals surface area contributed by atoms with E-state index in [1.165, 1.54) is 16.7 Å². The van der Waals surface area contributed by atoms with Crippen LogP contribution in [-0.4, -0.2) is 54.7 Å². The average molecular weight is 720 g/mol. The molecular weight excluding hydrogens is 652 g/mol. The third kappa shape index (κ3) is 8.77. The van der Waals surface area contributed by atoms with E-state index < -0.39 is 45.6 Å². The van der Waals surface area contributed by atoms with Crippen molar-refractivity contribution in [1.82, 2.24) is 0 Å². The van der Waals surface area contributed by atoms with Crippen LogP contribution in [-0.2, 0) is 0 Å². The van der Waals surface area contributed by atoms with Crippen molar-refractivity contribution in [3.05, 3.63) is 28.8 Å². The summed E-state index contributed by atoms with van der Waals surface area (Å²) >= 11 is 17.1. The number of hydrogen-bond donors (Lipinski definition) is 0. The van der Waals surface area contributed by atoms with Crippen molar-refractivity contribution < 1.29 is 0 Å². The number of hydrogen-bond acceptors (Lipinski definition) is 0. The quantitative estimate of drug-likeness (QED) is 0.141. The average Bonchev–Trinajstić information content (AvgIpc) is 2.67. The van der Waals surface area contributed by atoms with Crippen LogP contribution in [0.25, 0.3) is 0 Å². The highest BCUT2D eigenvalue weighted by atomic mass is 35.7. The van der Waals surface area contributed by atoms with Gasteiger partial charge in [0.05, 0.1) is 7.59 Å². The van der Waals surface area contributed by atoms with Crippen LogP contribution in [0.4, 0.5) is 0 Å². The zero-order chi connectivity index (χ0) is 32.9. The number of halogens is 2. The van der Waals surface area contributed by atoms with E-state index in [4.69, 9.17) is 22.2 Å². The van der Waals surface area contributed by atoms with E-state index in [2.05, 4.69) is 146 Å². The Morgan fingerprint density at radius 2 is 0.805 bits per heavy atom. The second kappa shape index (κ2) is 13.6. The van der Waals surface area contributed by atoms with Crippen LogP contribution in [0.5, 0.6) is 0 Å². The zero-order valence-corrected chi connectivity index (χ0v) is 39.4. The van der Waals surface area contributed by atoms with E-state index in [0.717, 1.165) is 9.58 Å². The van der Waals surface area contributed by atoms with E-state index >= 15 is 0 Å². The van der Waals surface area contributed by atoms with Gasteiger partial charge in [-0.3, -0.25) is 0 Å². The second-order valence-electron chi connectivity index (χ2n) is 18.7. The summed E-state index contributed by atoms with van der Waals surface area (Å²) in [5.74, 6) is 1.46. The van der Waals surface area contributed by atoms with Crippen molar-refractivity contribution in [3.8, 4) is 0 Å². The lowest BCUT2D eigenvalue weighted by Gasteiger charge is -2.65. The summed E-state index contributed by atoms with van der Waals surface area (Å²) in [6.07, 6.45) is 0. The Bertz CT molecular complexity index is 931. The fourth-order valence-corrected chi connectivity index (χ4v) is 126. The SMILES string of the molecule is CC(C)c1cc(C(C)C)c([Si][Si](Cl)(Cl)[Si](C(C)C)(C([Si](C)(C)C)[Si](C)(C)C)C([Si](C)(C)C)[Si](C)(C)C)c(C(C)C)c1. The maximum Gasteiger partial charge on any atom is 0.228 e. The highest BCUT2D eigenvalue weighted by molar-refractivity contribution is 7.93. The minimum atomic E-state index is -2.80. The molecule has 0 unspecified atom stereocenters. The van der Waals surface area contributed by atoms with Crippen molar-refractivity contribution in [2.45, 2.75) is 167 Å². The van der Waals surface area contributed by atoms with Gasteiger partial charge >= 0.3 is 0 Å². The lowest BCUT2D eigenvalue weighted by molar-refractivity contribution is 0.813. The molecule has 0 spiro atoms. The van der Waals surface area contributed by atoms with Gasteiger partial charge in [-0.05, 0) is 34.4 Å². The number of rotatable bonds is 13. The molecule has 0 saturated heterocycles. The Morgan fingerprint density at radius 3 is 1.00 bits per heavy atom. The molecule has 0 nitrogen and oxygen atoms in total. The van der Waals surface area contributed by atoms with Gasteiger partial charge in [0.15, 0.2) is 0 Å². The van der Waals surface area contributed by atoms with Gasteiger partial charge in [-0.1, -0.05) is 166 Å². The minimum absolute atomic E-state index is 0.469. The zero-order valence-electron chi connectivity index (χ0n) is 30.9. The van der Waals surface area contributed by atoms with Gasteiger partial charge in [-0.2, -0.15) is 22.2 Å². The van der Waals surface area contributed by atoms with Gasteiger partial charge in [0.25, 0.3) is 0 Å². The third-order valence-electron chi connectivity index (χ3n) is 9.33. The summed E-state index contributed by atoms with van der Waals surface area (Å²) in [6.45, 7) is 51.6. The van der Waals surface area contributed by atoms with Crippen LogP contribution in [0.1, 0.15) is 89.8 Å². The summed E-state index contributed by atoms with van der Waals surface area (Å²) in [5.41, 5.74) is 2.32. The van der Waals surface area contributed by atoms with Gasteiger partial charge in [0.1, 0.15) is 9.04 Å². The van der Waals surface area contributed by atoms with Gasteiger partial charge in [0, 0.05) is 32.3 Å². The van der Waals surface area contributed by atoms with Crippen LogP contribution in [0.2, 0.25) is 93.7 Å². The monoisotopic (exact) mass is 718 g/mol. The molecule has 0 heterocycles. The summed E-state index contributed by atoms with van der Waals surface area (Å²) in [6, 6.07) is 5.06. The maximum absolute atomic E-state index is 8.53. The molecule has 41 heavy (non-hydrogen) atoms. The third-order valence-corrected chi connectivity index (χ3v) is 73.3. The van der Waals surface area contributed by atoms with E-state index in [0.29, 0.717) is 32.3 Å². The molecule has 0 aliphatic rings. The fraction of sp³-hybridized carbons (Fsp3) is 0.812. The van der Waals surface area contributed by atoms with Gasteiger partial charge in [-0.15, -0.1) is 0 Å². The lowest BCUT2D eigenvalue weighted by atomic mass is 9.89. The maximum atomic E-state index is 8.53. The predicted molar refractivity (Wildman–Crippen MR) is 213 cm³/mol. The minimum Gasteiger partial charge on any atom is -0.154 e. The standard InChI is InChI=1S/C32H68Cl2Si7/c1-23(2)27-21-28(24(3)4)30(29(22-27)25(5)6)35-41(33,34)40(26(7)8,31(36(9,10)11)37(12,13)14)32(38(15,16)17)39(18,19)20/h21-26,31-32H,1-20H3. The summed E-state index contributed by atoms with van der Waals surface area (Å²) in [5, 5.41) is 1.56. The summed E-state index contributed by atoms with van der Waals surface area (Å²) < 4.78 is 0. The molecule has 9 heteroatoms. The summed E-state index contributed by atoms with van der Waals surface area (Å²) in [7, 11) is -8.23. The Labute approximate surface area is 275 Å². The molecule has 0 fully saturated rings. The molecule has 0 aliphatic carbocycles. The van der Waals surface area contributed by atoms with Crippen molar-refractivity contribution in [3.63, 3.8) is 0 Å². The largest absolute Gasteiger partial charge is 0.228 e. The lowest BCUT2D eigenvalue weighted by Crippen LogP contribution is -2.80. The van der Waals surface area contributed by atoms with Crippen LogP contribution >= 0.6 is 22.2 Å². The molecule has 0 amide bonds.